The van der Waals surface area contributed by atoms with Crippen molar-refractivity contribution in [1.82, 2.24) is 19.6 Å². The van der Waals surface area contributed by atoms with Gasteiger partial charge in [-0.3, -0.25) is 4.98 Å². The van der Waals surface area contributed by atoms with Gasteiger partial charge in [0.1, 0.15) is 17.5 Å². The second kappa shape index (κ2) is 5.60. The molecule has 4 rings (SSSR count). The highest BCUT2D eigenvalue weighted by atomic mass is 15.3. The number of nitriles is 1. The maximum atomic E-state index is 9.34. The topological polar surface area (TPSA) is 70.1 Å². The number of fused-ring (bicyclic) bond motifs is 1. The SMILES string of the molecule is Cc1c(-c2ccccn2)c(N2CCCC2C)nc2c(C#N)cnn12. The summed E-state index contributed by atoms with van der Waals surface area (Å²) in [6.07, 6.45) is 5.67. The Bertz CT molecular complexity index is 938. The third kappa shape index (κ3) is 2.13. The summed E-state index contributed by atoms with van der Waals surface area (Å²) in [7, 11) is 0. The van der Waals surface area contributed by atoms with Crippen LogP contribution < -0.4 is 4.90 Å². The van der Waals surface area contributed by atoms with Crippen LogP contribution in [0.2, 0.25) is 0 Å². The number of hydrogen-bond acceptors (Lipinski definition) is 5. The van der Waals surface area contributed by atoms with Crippen molar-refractivity contribution >= 4 is 11.5 Å². The van der Waals surface area contributed by atoms with Crippen molar-refractivity contribution in [3.8, 4) is 17.3 Å². The highest BCUT2D eigenvalue weighted by Crippen LogP contribution is 2.35. The lowest BCUT2D eigenvalue weighted by Crippen LogP contribution is -2.28. The molecule has 0 bridgehead atoms. The van der Waals surface area contributed by atoms with E-state index in [0.717, 1.165) is 42.2 Å². The van der Waals surface area contributed by atoms with E-state index >= 15 is 0 Å². The van der Waals surface area contributed by atoms with Crippen LogP contribution in [0.5, 0.6) is 0 Å². The predicted molar refractivity (Wildman–Crippen MR) is 91.7 cm³/mol. The van der Waals surface area contributed by atoms with Crippen LogP contribution in [0.4, 0.5) is 5.82 Å². The predicted octanol–water partition coefficient (Wildman–Crippen LogP) is 2.96. The molecule has 4 heterocycles. The van der Waals surface area contributed by atoms with Crippen molar-refractivity contribution < 1.29 is 0 Å². The molecule has 1 aliphatic rings. The Morgan fingerprint density at radius 2 is 2.21 bits per heavy atom. The molecule has 3 aromatic heterocycles. The smallest absolute Gasteiger partial charge is 0.175 e. The largest absolute Gasteiger partial charge is 0.353 e. The zero-order valence-electron chi connectivity index (χ0n) is 13.8. The molecular formula is C18H18N6. The summed E-state index contributed by atoms with van der Waals surface area (Å²) in [6.45, 7) is 5.20. The van der Waals surface area contributed by atoms with E-state index in [1.165, 1.54) is 0 Å². The fourth-order valence-electron chi connectivity index (χ4n) is 3.46. The second-order valence-electron chi connectivity index (χ2n) is 6.20. The molecule has 0 aromatic carbocycles. The molecule has 6 heteroatoms. The van der Waals surface area contributed by atoms with E-state index in [-0.39, 0.29) is 0 Å². The van der Waals surface area contributed by atoms with E-state index in [2.05, 4.69) is 28.0 Å². The minimum absolute atomic E-state index is 0.426. The molecule has 1 atom stereocenters. The first-order chi connectivity index (χ1) is 11.7. The number of pyridine rings is 1. The van der Waals surface area contributed by atoms with Crippen LogP contribution in [0, 0.1) is 18.3 Å². The molecule has 1 aliphatic heterocycles. The Morgan fingerprint density at radius 3 is 2.88 bits per heavy atom. The number of rotatable bonds is 2. The summed E-state index contributed by atoms with van der Waals surface area (Å²) in [4.78, 5) is 11.7. The van der Waals surface area contributed by atoms with Gasteiger partial charge in [0.15, 0.2) is 5.65 Å². The third-order valence-electron chi connectivity index (χ3n) is 4.73. The van der Waals surface area contributed by atoms with Gasteiger partial charge < -0.3 is 4.90 Å². The van der Waals surface area contributed by atoms with E-state index in [1.807, 2.05) is 25.1 Å². The first kappa shape index (κ1) is 14.6. The number of aryl methyl sites for hydroxylation is 1. The number of anilines is 1. The molecule has 0 aliphatic carbocycles. The van der Waals surface area contributed by atoms with Crippen LogP contribution in [0.15, 0.2) is 30.6 Å². The summed E-state index contributed by atoms with van der Waals surface area (Å²) < 4.78 is 1.74. The molecule has 24 heavy (non-hydrogen) atoms. The lowest BCUT2D eigenvalue weighted by molar-refractivity contribution is 0.725. The Balaban J connectivity index is 2.05. The number of nitrogens with zero attached hydrogens (tertiary/aromatic N) is 6. The first-order valence-electron chi connectivity index (χ1n) is 8.17. The van der Waals surface area contributed by atoms with Gasteiger partial charge in [0.05, 0.1) is 23.1 Å². The van der Waals surface area contributed by atoms with Crippen molar-refractivity contribution in [2.45, 2.75) is 32.7 Å². The van der Waals surface area contributed by atoms with Gasteiger partial charge in [-0.15, -0.1) is 0 Å². The molecule has 120 valence electrons. The monoisotopic (exact) mass is 318 g/mol. The molecule has 0 amide bonds. The van der Waals surface area contributed by atoms with Gasteiger partial charge in [-0.05, 0) is 38.8 Å². The van der Waals surface area contributed by atoms with Gasteiger partial charge in [-0.25, -0.2) is 9.50 Å². The summed E-state index contributed by atoms with van der Waals surface area (Å²) in [5.74, 6) is 0.903. The lowest BCUT2D eigenvalue weighted by Gasteiger charge is -2.26. The van der Waals surface area contributed by atoms with Gasteiger partial charge in [-0.1, -0.05) is 6.07 Å². The van der Waals surface area contributed by atoms with Gasteiger partial charge >= 0.3 is 0 Å². The third-order valence-corrected chi connectivity index (χ3v) is 4.73. The fraction of sp³-hybridized carbons (Fsp3) is 0.333. The van der Waals surface area contributed by atoms with Crippen LogP contribution in [-0.2, 0) is 0 Å². The van der Waals surface area contributed by atoms with Gasteiger partial charge in [-0.2, -0.15) is 10.4 Å². The number of hydrogen-bond donors (Lipinski definition) is 0. The van der Waals surface area contributed by atoms with E-state index in [0.29, 0.717) is 17.3 Å². The summed E-state index contributed by atoms with van der Waals surface area (Å²) in [5, 5.41) is 13.7. The molecule has 3 aromatic rings. The quantitative estimate of drug-likeness (QED) is 0.726. The maximum absolute atomic E-state index is 9.34. The summed E-state index contributed by atoms with van der Waals surface area (Å²) >= 11 is 0. The number of aromatic nitrogens is 4. The average Bonchev–Trinajstić information content (AvgIpc) is 3.21. The highest BCUT2D eigenvalue weighted by molar-refractivity contribution is 5.79. The Kier molecular flexibility index (Phi) is 3.42. The second-order valence-corrected chi connectivity index (χ2v) is 6.20. The maximum Gasteiger partial charge on any atom is 0.175 e. The van der Waals surface area contributed by atoms with E-state index in [1.54, 1.807) is 16.9 Å². The van der Waals surface area contributed by atoms with Crippen molar-refractivity contribution in [3.05, 3.63) is 41.9 Å². The van der Waals surface area contributed by atoms with E-state index in [4.69, 9.17) is 4.98 Å². The van der Waals surface area contributed by atoms with Gasteiger partial charge in [0.2, 0.25) is 0 Å². The van der Waals surface area contributed by atoms with E-state index in [9.17, 15) is 5.26 Å². The van der Waals surface area contributed by atoms with Crippen molar-refractivity contribution in [2.75, 3.05) is 11.4 Å². The molecule has 1 fully saturated rings. The van der Waals surface area contributed by atoms with Crippen LogP contribution in [-0.4, -0.2) is 32.2 Å². The van der Waals surface area contributed by atoms with Crippen LogP contribution in [0.1, 0.15) is 31.0 Å². The summed E-state index contributed by atoms with van der Waals surface area (Å²) in [6, 6.07) is 8.49. The normalized spacial score (nSPS) is 17.4. The molecule has 0 N–H and O–H groups in total. The molecule has 0 spiro atoms. The van der Waals surface area contributed by atoms with Gasteiger partial charge in [0, 0.05) is 18.8 Å². The van der Waals surface area contributed by atoms with Crippen molar-refractivity contribution in [2.24, 2.45) is 0 Å². The molecule has 6 nitrogen and oxygen atoms in total. The first-order valence-corrected chi connectivity index (χ1v) is 8.17. The Labute approximate surface area is 140 Å². The average molecular weight is 318 g/mol. The molecule has 1 saturated heterocycles. The minimum atomic E-state index is 0.426. The van der Waals surface area contributed by atoms with E-state index < -0.39 is 0 Å². The molecular weight excluding hydrogens is 300 g/mol. The lowest BCUT2D eigenvalue weighted by atomic mass is 10.1. The fourth-order valence-corrected chi connectivity index (χ4v) is 3.46. The van der Waals surface area contributed by atoms with Crippen LogP contribution in [0.3, 0.4) is 0 Å². The molecule has 0 radical (unpaired) electrons. The Morgan fingerprint density at radius 1 is 1.33 bits per heavy atom. The van der Waals surface area contributed by atoms with Crippen LogP contribution in [0.25, 0.3) is 16.9 Å². The van der Waals surface area contributed by atoms with Gasteiger partial charge in [0.25, 0.3) is 0 Å². The van der Waals surface area contributed by atoms with Crippen molar-refractivity contribution in [3.63, 3.8) is 0 Å². The minimum Gasteiger partial charge on any atom is -0.353 e. The standard InChI is InChI=1S/C18H18N6/c1-12-6-5-9-23(12)18-16(15-7-3-4-8-20-15)13(2)24-17(22-18)14(10-19)11-21-24/h3-4,7-8,11-12H,5-6,9H2,1-2H3. The zero-order valence-corrected chi connectivity index (χ0v) is 13.8. The zero-order chi connectivity index (χ0) is 16.7. The Hall–Kier alpha value is -2.94. The highest BCUT2D eigenvalue weighted by Gasteiger charge is 2.27. The molecule has 0 saturated carbocycles. The molecule has 1 unspecified atom stereocenters. The van der Waals surface area contributed by atoms with Crippen LogP contribution >= 0.6 is 0 Å². The summed E-state index contributed by atoms with van der Waals surface area (Å²) in [5.41, 5.74) is 3.94. The van der Waals surface area contributed by atoms with Crippen molar-refractivity contribution in [1.29, 1.82) is 5.26 Å².